The Morgan fingerprint density at radius 2 is 1.48 bits per heavy atom. The molecule has 1 nitrogen and oxygen atoms in total. The van der Waals surface area contributed by atoms with Crippen molar-refractivity contribution in [2.75, 3.05) is 0 Å². The standard InChI is InChI=1S/C17H16F3N/c18-17(19,20)16(12-11-14-7-3-1-4-8-14)21-13-15-9-5-2-6-10-15/h1-12,16,21H,13H2/b12-11+. The molecule has 1 unspecified atom stereocenters. The maximum Gasteiger partial charge on any atom is 0.407 e. The quantitative estimate of drug-likeness (QED) is 0.860. The van der Waals surface area contributed by atoms with Crippen LogP contribution in [0.4, 0.5) is 13.2 Å². The highest BCUT2D eigenvalue weighted by Gasteiger charge is 2.37. The Bertz CT molecular complexity index is 562. The average molecular weight is 291 g/mol. The highest BCUT2D eigenvalue weighted by Crippen LogP contribution is 2.22. The molecule has 1 N–H and O–H groups in total. The third-order valence-electron chi connectivity index (χ3n) is 3.00. The van der Waals surface area contributed by atoms with Gasteiger partial charge < -0.3 is 0 Å². The van der Waals surface area contributed by atoms with Crippen molar-refractivity contribution < 1.29 is 13.2 Å². The van der Waals surface area contributed by atoms with E-state index in [-0.39, 0.29) is 6.54 Å². The molecule has 0 aliphatic heterocycles. The summed E-state index contributed by atoms with van der Waals surface area (Å²) in [5.74, 6) is 0. The molecule has 0 aliphatic rings. The molecule has 1 atom stereocenters. The van der Waals surface area contributed by atoms with Crippen LogP contribution in [0.25, 0.3) is 6.08 Å². The largest absolute Gasteiger partial charge is 0.407 e. The minimum absolute atomic E-state index is 0.171. The molecule has 2 rings (SSSR count). The van der Waals surface area contributed by atoms with Crippen LogP contribution in [0.5, 0.6) is 0 Å². The highest BCUT2D eigenvalue weighted by atomic mass is 19.4. The predicted molar refractivity (Wildman–Crippen MR) is 78.6 cm³/mol. The molecule has 0 saturated carbocycles. The first-order chi connectivity index (χ1) is 10.1. The fraction of sp³-hybridized carbons (Fsp3) is 0.176. The van der Waals surface area contributed by atoms with E-state index in [9.17, 15) is 13.2 Å². The molecule has 2 aromatic carbocycles. The van der Waals surface area contributed by atoms with Crippen LogP contribution in [-0.4, -0.2) is 12.2 Å². The van der Waals surface area contributed by atoms with Crippen molar-refractivity contribution in [3.8, 4) is 0 Å². The van der Waals surface area contributed by atoms with Gasteiger partial charge in [0.1, 0.15) is 6.04 Å². The lowest BCUT2D eigenvalue weighted by atomic mass is 10.1. The lowest BCUT2D eigenvalue weighted by molar-refractivity contribution is -0.144. The Hall–Kier alpha value is -2.07. The fourth-order valence-electron chi connectivity index (χ4n) is 1.89. The number of halogens is 3. The summed E-state index contributed by atoms with van der Waals surface area (Å²) >= 11 is 0. The summed E-state index contributed by atoms with van der Waals surface area (Å²) < 4.78 is 39.0. The van der Waals surface area contributed by atoms with Crippen LogP contribution in [0.3, 0.4) is 0 Å². The summed E-state index contributed by atoms with van der Waals surface area (Å²) in [6.45, 7) is 0.171. The monoisotopic (exact) mass is 291 g/mol. The van der Waals surface area contributed by atoms with Crippen LogP contribution in [0.15, 0.2) is 66.7 Å². The van der Waals surface area contributed by atoms with Gasteiger partial charge >= 0.3 is 6.18 Å². The summed E-state index contributed by atoms with van der Waals surface area (Å²) in [4.78, 5) is 0. The molecule has 0 bridgehead atoms. The zero-order valence-electron chi connectivity index (χ0n) is 11.3. The SMILES string of the molecule is FC(F)(F)C(/C=C/c1ccccc1)NCc1ccccc1. The van der Waals surface area contributed by atoms with Gasteiger partial charge in [0.2, 0.25) is 0 Å². The van der Waals surface area contributed by atoms with Crippen molar-refractivity contribution in [2.45, 2.75) is 18.8 Å². The van der Waals surface area contributed by atoms with E-state index in [1.807, 2.05) is 12.1 Å². The number of hydrogen-bond donors (Lipinski definition) is 1. The molecule has 0 amide bonds. The lowest BCUT2D eigenvalue weighted by Crippen LogP contribution is -2.40. The second-order valence-electron chi connectivity index (χ2n) is 4.66. The van der Waals surface area contributed by atoms with Crippen LogP contribution in [-0.2, 0) is 6.54 Å². The molecule has 4 heteroatoms. The van der Waals surface area contributed by atoms with Crippen molar-refractivity contribution in [3.05, 3.63) is 77.9 Å². The molecule has 21 heavy (non-hydrogen) atoms. The normalized spacial score (nSPS) is 13.5. The Morgan fingerprint density at radius 1 is 0.905 bits per heavy atom. The third-order valence-corrected chi connectivity index (χ3v) is 3.00. The molecule has 0 aliphatic carbocycles. The number of alkyl halides is 3. The van der Waals surface area contributed by atoms with E-state index in [4.69, 9.17) is 0 Å². The minimum Gasteiger partial charge on any atom is -0.299 e. The maximum absolute atomic E-state index is 13.0. The number of benzene rings is 2. The number of nitrogens with one attached hydrogen (secondary N) is 1. The second kappa shape index (κ2) is 7.09. The third kappa shape index (κ3) is 5.08. The average Bonchev–Trinajstić information content (AvgIpc) is 2.48. The Morgan fingerprint density at radius 3 is 2.05 bits per heavy atom. The lowest BCUT2D eigenvalue weighted by Gasteiger charge is -2.18. The van der Waals surface area contributed by atoms with Gasteiger partial charge in [-0.05, 0) is 11.1 Å². The first kappa shape index (κ1) is 15.3. The van der Waals surface area contributed by atoms with Crippen molar-refractivity contribution in [2.24, 2.45) is 0 Å². The molecule has 0 spiro atoms. The zero-order chi connectivity index (χ0) is 15.1. The van der Waals surface area contributed by atoms with Crippen molar-refractivity contribution >= 4 is 6.08 Å². The summed E-state index contributed by atoms with van der Waals surface area (Å²) in [5, 5.41) is 2.53. The van der Waals surface area contributed by atoms with E-state index in [2.05, 4.69) is 5.32 Å². The van der Waals surface area contributed by atoms with Gasteiger partial charge in [-0.2, -0.15) is 13.2 Å². The summed E-state index contributed by atoms with van der Waals surface area (Å²) in [6.07, 6.45) is -1.69. The van der Waals surface area contributed by atoms with E-state index in [0.717, 1.165) is 17.2 Å². The van der Waals surface area contributed by atoms with E-state index < -0.39 is 12.2 Å². The molecular formula is C17H16F3N. The molecular weight excluding hydrogens is 275 g/mol. The summed E-state index contributed by atoms with van der Waals surface area (Å²) in [6, 6.07) is 16.3. The highest BCUT2D eigenvalue weighted by molar-refractivity contribution is 5.49. The molecule has 0 aromatic heterocycles. The Balaban J connectivity index is 2.03. The van der Waals surface area contributed by atoms with Gasteiger partial charge in [0.25, 0.3) is 0 Å². The summed E-state index contributed by atoms with van der Waals surface area (Å²) in [7, 11) is 0. The van der Waals surface area contributed by atoms with Gasteiger partial charge in [-0.1, -0.05) is 72.8 Å². The Labute approximate surface area is 122 Å². The molecule has 110 valence electrons. The zero-order valence-corrected chi connectivity index (χ0v) is 11.3. The Kier molecular flexibility index (Phi) is 5.17. The van der Waals surface area contributed by atoms with Crippen molar-refractivity contribution in [1.82, 2.24) is 5.32 Å². The smallest absolute Gasteiger partial charge is 0.299 e. The van der Waals surface area contributed by atoms with Crippen LogP contribution < -0.4 is 5.32 Å². The van der Waals surface area contributed by atoms with E-state index >= 15 is 0 Å². The predicted octanol–water partition coefficient (Wildman–Crippen LogP) is 4.42. The molecule has 2 aromatic rings. The molecule has 0 heterocycles. The van der Waals surface area contributed by atoms with Crippen molar-refractivity contribution in [3.63, 3.8) is 0 Å². The fourth-order valence-corrected chi connectivity index (χ4v) is 1.89. The second-order valence-corrected chi connectivity index (χ2v) is 4.66. The van der Waals surface area contributed by atoms with E-state index in [1.54, 1.807) is 48.5 Å². The van der Waals surface area contributed by atoms with Gasteiger partial charge in [-0.15, -0.1) is 0 Å². The van der Waals surface area contributed by atoms with Crippen LogP contribution >= 0.6 is 0 Å². The number of rotatable bonds is 5. The molecule has 0 radical (unpaired) electrons. The first-order valence-electron chi connectivity index (χ1n) is 6.63. The topological polar surface area (TPSA) is 12.0 Å². The van der Waals surface area contributed by atoms with Gasteiger partial charge in [0, 0.05) is 6.54 Å². The van der Waals surface area contributed by atoms with Gasteiger partial charge in [0.15, 0.2) is 0 Å². The van der Waals surface area contributed by atoms with Crippen LogP contribution in [0, 0.1) is 0 Å². The van der Waals surface area contributed by atoms with Gasteiger partial charge in [-0.25, -0.2) is 0 Å². The van der Waals surface area contributed by atoms with Gasteiger partial charge in [-0.3, -0.25) is 5.32 Å². The van der Waals surface area contributed by atoms with Crippen LogP contribution in [0.2, 0.25) is 0 Å². The van der Waals surface area contributed by atoms with Crippen LogP contribution in [0.1, 0.15) is 11.1 Å². The first-order valence-corrected chi connectivity index (χ1v) is 6.63. The summed E-state index contributed by atoms with van der Waals surface area (Å²) in [5.41, 5.74) is 1.56. The van der Waals surface area contributed by atoms with Gasteiger partial charge in [0.05, 0.1) is 0 Å². The molecule has 0 saturated heterocycles. The van der Waals surface area contributed by atoms with Crippen molar-refractivity contribution in [1.29, 1.82) is 0 Å². The molecule has 0 fully saturated rings. The maximum atomic E-state index is 13.0. The van der Waals surface area contributed by atoms with E-state index in [0.29, 0.717) is 0 Å². The number of hydrogen-bond acceptors (Lipinski definition) is 1. The van der Waals surface area contributed by atoms with E-state index in [1.165, 1.54) is 6.08 Å². The minimum atomic E-state index is -4.32.